The van der Waals surface area contributed by atoms with Gasteiger partial charge in [0, 0.05) is 38.7 Å². The average molecular weight is 601 g/mol. The van der Waals surface area contributed by atoms with Crippen LogP contribution in [0.3, 0.4) is 0 Å². The molecular formula is C30H48O12. The minimum atomic E-state index is -1.23. The maximum atomic E-state index is 12.3. The number of ketones is 2. The van der Waals surface area contributed by atoms with Crippen LogP contribution in [-0.2, 0) is 47.8 Å². The van der Waals surface area contributed by atoms with Crippen molar-refractivity contribution in [3.05, 3.63) is 24.3 Å². The number of esters is 3. The molecule has 0 radical (unpaired) electrons. The molecule has 42 heavy (non-hydrogen) atoms. The van der Waals surface area contributed by atoms with E-state index in [0.29, 0.717) is 31.5 Å². The number of carbonyl (C=O) groups excluding carboxylic acids is 7. The van der Waals surface area contributed by atoms with E-state index in [9.17, 15) is 24.0 Å². The second kappa shape index (κ2) is 25.3. The summed E-state index contributed by atoms with van der Waals surface area (Å²) >= 11 is 0. The van der Waals surface area contributed by atoms with Crippen molar-refractivity contribution in [1.29, 1.82) is 0 Å². The van der Waals surface area contributed by atoms with Crippen LogP contribution in [0.5, 0.6) is 0 Å². The molecule has 2 saturated carbocycles. The minimum Gasteiger partial charge on any atom is -0.469 e. The monoisotopic (exact) mass is 600 g/mol. The fraction of sp³-hybridized carbons (Fsp3) is 0.667. The topological polar surface area (TPSA) is 199 Å². The molecule has 2 fully saturated rings. The first kappa shape index (κ1) is 43.0. The Bertz CT molecular complexity index is 917. The van der Waals surface area contributed by atoms with E-state index in [4.69, 9.17) is 19.4 Å². The van der Waals surface area contributed by atoms with Gasteiger partial charge >= 0.3 is 24.1 Å². The van der Waals surface area contributed by atoms with Crippen molar-refractivity contribution in [1.82, 2.24) is 0 Å². The van der Waals surface area contributed by atoms with E-state index in [1.807, 2.05) is 19.1 Å². The lowest BCUT2D eigenvalue weighted by molar-refractivity contribution is -0.192. The quantitative estimate of drug-likeness (QED) is 0.158. The van der Waals surface area contributed by atoms with E-state index in [-0.39, 0.29) is 54.0 Å². The smallest absolute Gasteiger partial charge is 0.373 e. The maximum absolute atomic E-state index is 12.3. The highest BCUT2D eigenvalue weighted by Gasteiger charge is 2.56. The Kier molecular flexibility index (Phi) is 25.9. The molecule has 12 heteroatoms. The number of aliphatic hydroxyl groups excluding tert-OH is 1. The fourth-order valence-electron chi connectivity index (χ4n) is 5.08. The molecule has 4 unspecified atom stereocenters. The third-order valence-electron chi connectivity index (χ3n) is 7.14. The fourth-order valence-corrected chi connectivity index (χ4v) is 5.08. The number of aliphatic hydroxyl groups is 1. The highest BCUT2D eigenvalue weighted by molar-refractivity contribution is 6.06. The van der Waals surface area contributed by atoms with Crippen LogP contribution < -0.4 is 0 Å². The van der Waals surface area contributed by atoms with Gasteiger partial charge in [-0.05, 0) is 50.4 Å². The SMILES string of the molecule is CC/C=C\CC1(C(=O)OC)C(=O)CCC1CC(=O)OC.CC/C=C\CC1C(=O)CCC1CC(=O)OC.CO.O.O=C=O. The molecule has 0 spiro atoms. The van der Waals surface area contributed by atoms with Crippen molar-refractivity contribution in [2.24, 2.45) is 23.2 Å². The van der Waals surface area contributed by atoms with Crippen molar-refractivity contribution in [3.8, 4) is 0 Å². The number of hydrogen-bond donors (Lipinski definition) is 1. The average Bonchev–Trinajstić information content (AvgIpc) is 3.48. The molecule has 4 atom stereocenters. The van der Waals surface area contributed by atoms with Gasteiger partial charge in [0.2, 0.25) is 0 Å². The van der Waals surface area contributed by atoms with Gasteiger partial charge in [-0.1, -0.05) is 38.2 Å². The molecule has 0 aliphatic heterocycles. The first-order valence-corrected chi connectivity index (χ1v) is 13.6. The van der Waals surface area contributed by atoms with E-state index >= 15 is 0 Å². The number of hydrogen-bond acceptors (Lipinski definition) is 11. The van der Waals surface area contributed by atoms with Crippen molar-refractivity contribution >= 4 is 35.6 Å². The molecule has 2 aliphatic carbocycles. The Hall–Kier alpha value is -3.47. The molecular weight excluding hydrogens is 552 g/mol. The molecule has 0 saturated heterocycles. The van der Waals surface area contributed by atoms with Crippen LogP contribution in [0, 0.1) is 23.2 Å². The van der Waals surface area contributed by atoms with Crippen LogP contribution in [0.15, 0.2) is 24.3 Å². The predicted molar refractivity (Wildman–Crippen MR) is 152 cm³/mol. The zero-order valence-corrected chi connectivity index (χ0v) is 25.6. The summed E-state index contributed by atoms with van der Waals surface area (Å²) in [5.41, 5.74) is -1.23. The molecule has 240 valence electrons. The van der Waals surface area contributed by atoms with Gasteiger partial charge in [0.15, 0.2) is 5.78 Å². The number of Topliss-reactive ketones (excluding diaryl/α,β-unsaturated/α-hetero) is 2. The summed E-state index contributed by atoms with van der Waals surface area (Å²) < 4.78 is 14.2. The van der Waals surface area contributed by atoms with Gasteiger partial charge in [-0.3, -0.25) is 24.0 Å². The molecule has 0 bridgehead atoms. The third-order valence-corrected chi connectivity index (χ3v) is 7.14. The summed E-state index contributed by atoms with van der Waals surface area (Å²) in [4.78, 5) is 75.1. The van der Waals surface area contributed by atoms with Gasteiger partial charge in [-0.15, -0.1) is 0 Å². The Morgan fingerprint density at radius 1 is 0.857 bits per heavy atom. The molecule has 12 nitrogen and oxygen atoms in total. The number of allylic oxidation sites excluding steroid dienone is 4. The second-order valence-electron chi connectivity index (χ2n) is 9.34. The van der Waals surface area contributed by atoms with Gasteiger partial charge in [0.1, 0.15) is 11.2 Å². The Morgan fingerprint density at radius 3 is 1.88 bits per heavy atom. The van der Waals surface area contributed by atoms with Crippen LogP contribution in [0.2, 0.25) is 0 Å². The molecule has 3 N–H and O–H groups in total. The number of ether oxygens (including phenoxy) is 3. The van der Waals surface area contributed by atoms with E-state index in [2.05, 4.69) is 28.5 Å². The van der Waals surface area contributed by atoms with Crippen molar-refractivity contribution in [3.63, 3.8) is 0 Å². The second-order valence-corrected chi connectivity index (χ2v) is 9.34. The summed E-state index contributed by atoms with van der Waals surface area (Å²) in [6, 6.07) is 0. The Labute approximate surface area is 248 Å². The standard InChI is InChI=1S/C15H22O5.C13H20O3.CO2.CH4O.H2O/c1-4-5-6-9-15(14(18)20-3)11(7-8-12(15)16)10-13(17)19-2;1-3-4-5-6-11-10(7-8-12(11)14)9-13(15)16-2;2-1-3;1-2;/h5-6,11H,4,7-10H2,1-3H3;4-5,10-11H,3,6-9H2,1-2H3;;2H,1H3;1H2/b6-5-;5-4-;;;. The van der Waals surface area contributed by atoms with Crippen molar-refractivity contribution < 1.29 is 58.4 Å². The summed E-state index contributed by atoms with van der Waals surface area (Å²) in [5.74, 6) is -1.13. The van der Waals surface area contributed by atoms with Crippen molar-refractivity contribution in [2.45, 2.75) is 78.1 Å². The number of carbonyl (C=O) groups is 5. The Morgan fingerprint density at radius 2 is 1.38 bits per heavy atom. The third kappa shape index (κ3) is 13.9. The van der Waals surface area contributed by atoms with Gasteiger partial charge in [-0.25, -0.2) is 0 Å². The Balaban J connectivity index is -0.000000624. The van der Waals surface area contributed by atoms with Crippen LogP contribution in [0.1, 0.15) is 78.1 Å². The molecule has 0 aromatic heterocycles. The summed E-state index contributed by atoms with van der Waals surface area (Å²) in [5, 5.41) is 7.00. The summed E-state index contributed by atoms with van der Waals surface area (Å²) in [7, 11) is 4.97. The molecule has 0 aromatic rings. The largest absolute Gasteiger partial charge is 0.469 e. The van der Waals surface area contributed by atoms with E-state index < -0.39 is 17.4 Å². The molecule has 0 aromatic carbocycles. The van der Waals surface area contributed by atoms with E-state index in [1.54, 1.807) is 0 Å². The zero-order valence-electron chi connectivity index (χ0n) is 25.6. The lowest BCUT2D eigenvalue weighted by atomic mass is 9.73. The van der Waals surface area contributed by atoms with Crippen LogP contribution in [0.4, 0.5) is 0 Å². The summed E-state index contributed by atoms with van der Waals surface area (Å²) in [6.07, 6.45) is 13.7. The molecule has 0 heterocycles. The predicted octanol–water partition coefficient (Wildman–Crippen LogP) is 2.75. The first-order valence-electron chi connectivity index (χ1n) is 13.6. The number of rotatable bonds is 11. The van der Waals surface area contributed by atoms with Crippen LogP contribution in [-0.4, -0.2) is 74.6 Å². The van der Waals surface area contributed by atoms with Gasteiger partial charge in [-0.2, -0.15) is 9.59 Å². The molecule has 2 rings (SSSR count). The molecule has 2 aliphatic rings. The van der Waals surface area contributed by atoms with Crippen molar-refractivity contribution in [2.75, 3.05) is 28.4 Å². The van der Waals surface area contributed by atoms with Crippen LogP contribution >= 0.6 is 0 Å². The van der Waals surface area contributed by atoms with E-state index in [0.717, 1.165) is 32.8 Å². The highest BCUT2D eigenvalue weighted by atomic mass is 16.5. The number of methoxy groups -OCH3 is 3. The van der Waals surface area contributed by atoms with Crippen LogP contribution in [0.25, 0.3) is 0 Å². The molecule has 0 amide bonds. The van der Waals surface area contributed by atoms with Gasteiger partial charge in [0.25, 0.3) is 0 Å². The normalized spacial score (nSPS) is 22.3. The summed E-state index contributed by atoms with van der Waals surface area (Å²) in [6.45, 7) is 4.04. The van der Waals surface area contributed by atoms with Gasteiger partial charge in [0.05, 0.1) is 21.3 Å². The zero-order chi connectivity index (χ0) is 31.8. The lowest BCUT2D eigenvalue weighted by Gasteiger charge is -2.29. The van der Waals surface area contributed by atoms with Gasteiger partial charge < -0.3 is 24.8 Å². The lowest BCUT2D eigenvalue weighted by Crippen LogP contribution is -2.42. The van der Waals surface area contributed by atoms with E-state index in [1.165, 1.54) is 21.3 Å². The highest BCUT2D eigenvalue weighted by Crippen LogP contribution is 2.46. The maximum Gasteiger partial charge on any atom is 0.373 e. The minimum absolute atomic E-state index is 0. The first-order chi connectivity index (χ1) is 19.6.